The number of hydrogen-bond donors (Lipinski definition) is 1. The summed E-state index contributed by atoms with van der Waals surface area (Å²) in [6.07, 6.45) is 2.00. The summed E-state index contributed by atoms with van der Waals surface area (Å²) in [4.78, 5) is 14.6. The summed E-state index contributed by atoms with van der Waals surface area (Å²) in [5, 5.41) is 2.69. The van der Waals surface area contributed by atoms with Gasteiger partial charge in [0.2, 0.25) is 0 Å². The summed E-state index contributed by atoms with van der Waals surface area (Å²) in [5.74, 6) is -0.442. The molecule has 3 aromatic rings. The van der Waals surface area contributed by atoms with Crippen molar-refractivity contribution in [2.24, 2.45) is 0 Å². The second-order valence-electron chi connectivity index (χ2n) is 6.15. The van der Waals surface area contributed by atoms with E-state index in [1.54, 1.807) is 23.1 Å². The number of hydrogen-bond acceptors (Lipinski definition) is 1. The first-order valence-electron chi connectivity index (χ1n) is 8.23. The largest absolute Gasteiger partial charge is 0.322 e. The van der Waals surface area contributed by atoms with Crippen LogP contribution in [0.2, 0.25) is 0 Å². The van der Waals surface area contributed by atoms with Gasteiger partial charge in [0.05, 0.1) is 24.0 Å². The normalized spacial score (nSPS) is 15.9. The summed E-state index contributed by atoms with van der Waals surface area (Å²) in [6.45, 7) is 2.44. The van der Waals surface area contributed by atoms with E-state index >= 15 is 0 Å². The van der Waals surface area contributed by atoms with Gasteiger partial charge < -0.3 is 14.8 Å². The van der Waals surface area contributed by atoms with E-state index in [4.69, 9.17) is 0 Å². The zero-order valence-corrected chi connectivity index (χ0v) is 13.8. The van der Waals surface area contributed by atoms with Crippen molar-refractivity contribution in [1.82, 2.24) is 9.47 Å². The molecule has 2 amide bonds. The van der Waals surface area contributed by atoms with Crippen LogP contribution in [-0.2, 0) is 6.54 Å². The molecular weight excluding hydrogens is 317 g/mol. The maximum atomic E-state index is 13.9. The molecule has 0 saturated heterocycles. The van der Waals surface area contributed by atoms with Crippen molar-refractivity contribution in [3.05, 3.63) is 83.9 Å². The minimum absolute atomic E-state index is 0.144. The standard InChI is InChI=1S/C20H18FN3O/c1-14-18-11-6-12-23(18)19-10-5-2-7-15(19)13-24(14)20(25)22-17-9-4-3-8-16(17)21/h2-12,14H,13H2,1H3,(H,22,25). The first-order chi connectivity index (χ1) is 12.1. The second-order valence-corrected chi connectivity index (χ2v) is 6.15. The van der Waals surface area contributed by atoms with E-state index in [9.17, 15) is 9.18 Å². The fourth-order valence-electron chi connectivity index (χ4n) is 3.31. The van der Waals surface area contributed by atoms with Crippen molar-refractivity contribution in [1.29, 1.82) is 0 Å². The Balaban J connectivity index is 1.71. The zero-order valence-electron chi connectivity index (χ0n) is 13.8. The van der Waals surface area contributed by atoms with Crippen LogP contribution in [0.3, 0.4) is 0 Å². The molecule has 1 aliphatic heterocycles. The van der Waals surface area contributed by atoms with Crippen LogP contribution in [-0.4, -0.2) is 15.5 Å². The van der Waals surface area contributed by atoms with Crippen LogP contribution in [0.5, 0.6) is 0 Å². The topological polar surface area (TPSA) is 37.3 Å². The third-order valence-corrected chi connectivity index (χ3v) is 4.64. The van der Waals surface area contributed by atoms with Crippen molar-refractivity contribution >= 4 is 11.7 Å². The van der Waals surface area contributed by atoms with Gasteiger partial charge in [0.15, 0.2) is 0 Å². The highest BCUT2D eigenvalue weighted by Gasteiger charge is 2.28. The van der Waals surface area contributed by atoms with Crippen LogP contribution in [0.1, 0.15) is 24.2 Å². The van der Waals surface area contributed by atoms with Crippen LogP contribution >= 0.6 is 0 Å². The lowest BCUT2D eigenvalue weighted by atomic mass is 10.1. The average Bonchev–Trinajstić information content (AvgIpc) is 3.07. The Bertz CT molecular complexity index is 934. The number of para-hydroxylation sites is 2. The minimum atomic E-state index is -0.442. The maximum absolute atomic E-state index is 13.9. The van der Waals surface area contributed by atoms with E-state index in [2.05, 4.69) is 9.88 Å². The molecule has 5 heteroatoms. The van der Waals surface area contributed by atoms with E-state index in [0.717, 1.165) is 16.9 Å². The van der Waals surface area contributed by atoms with Crippen LogP contribution in [0.15, 0.2) is 66.9 Å². The number of anilines is 1. The lowest BCUT2D eigenvalue weighted by molar-refractivity contribution is 0.189. The van der Waals surface area contributed by atoms with Gasteiger partial charge in [-0.05, 0) is 42.8 Å². The van der Waals surface area contributed by atoms with Gasteiger partial charge in [0.25, 0.3) is 0 Å². The van der Waals surface area contributed by atoms with Crippen molar-refractivity contribution < 1.29 is 9.18 Å². The highest BCUT2D eigenvalue weighted by atomic mass is 19.1. The van der Waals surface area contributed by atoms with E-state index in [1.165, 1.54) is 6.07 Å². The molecule has 2 heterocycles. The predicted molar refractivity (Wildman–Crippen MR) is 95.1 cm³/mol. The number of halogens is 1. The zero-order chi connectivity index (χ0) is 17.4. The molecule has 126 valence electrons. The fraction of sp³-hybridized carbons (Fsp3) is 0.150. The SMILES string of the molecule is CC1c2cccn2-c2ccccc2CN1C(=O)Nc1ccccc1F. The van der Waals surface area contributed by atoms with Gasteiger partial charge in [0.1, 0.15) is 5.82 Å². The van der Waals surface area contributed by atoms with E-state index < -0.39 is 5.82 Å². The van der Waals surface area contributed by atoms with Crippen molar-refractivity contribution in [2.45, 2.75) is 19.5 Å². The van der Waals surface area contributed by atoms with Crippen LogP contribution in [0, 0.1) is 5.82 Å². The van der Waals surface area contributed by atoms with Gasteiger partial charge in [-0.3, -0.25) is 0 Å². The molecule has 4 rings (SSSR count). The number of carbonyl (C=O) groups is 1. The van der Waals surface area contributed by atoms with E-state index in [-0.39, 0.29) is 17.8 Å². The Morgan fingerprint density at radius 3 is 2.68 bits per heavy atom. The van der Waals surface area contributed by atoms with Crippen molar-refractivity contribution in [3.8, 4) is 5.69 Å². The molecule has 25 heavy (non-hydrogen) atoms. The summed E-state index contributed by atoms with van der Waals surface area (Å²) in [6, 6.07) is 17.7. The maximum Gasteiger partial charge on any atom is 0.322 e. The summed E-state index contributed by atoms with van der Waals surface area (Å²) < 4.78 is 16.0. The van der Waals surface area contributed by atoms with Crippen molar-refractivity contribution in [3.63, 3.8) is 0 Å². The molecule has 1 aliphatic rings. The quantitative estimate of drug-likeness (QED) is 0.686. The number of aromatic nitrogens is 1. The van der Waals surface area contributed by atoms with Gasteiger partial charge in [-0.2, -0.15) is 0 Å². The first kappa shape index (κ1) is 15.4. The minimum Gasteiger partial charge on any atom is -0.318 e. The molecule has 4 nitrogen and oxygen atoms in total. The number of nitrogens with one attached hydrogen (secondary N) is 1. The van der Waals surface area contributed by atoms with E-state index in [0.29, 0.717) is 6.54 Å². The van der Waals surface area contributed by atoms with Gasteiger partial charge >= 0.3 is 6.03 Å². The number of carbonyl (C=O) groups excluding carboxylic acids is 1. The number of amides is 2. The number of nitrogens with zero attached hydrogens (tertiary/aromatic N) is 2. The van der Waals surface area contributed by atoms with Gasteiger partial charge in [-0.1, -0.05) is 30.3 Å². The lowest BCUT2D eigenvalue weighted by Crippen LogP contribution is -2.36. The van der Waals surface area contributed by atoms with E-state index in [1.807, 2.05) is 49.5 Å². The number of benzene rings is 2. The molecule has 1 N–H and O–H groups in total. The van der Waals surface area contributed by atoms with Crippen LogP contribution in [0.4, 0.5) is 14.9 Å². The third-order valence-electron chi connectivity index (χ3n) is 4.64. The smallest absolute Gasteiger partial charge is 0.318 e. The highest BCUT2D eigenvalue weighted by molar-refractivity contribution is 5.89. The summed E-state index contributed by atoms with van der Waals surface area (Å²) in [5.41, 5.74) is 3.32. The summed E-state index contributed by atoms with van der Waals surface area (Å²) in [7, 11) is 0. The number of fused-ring (bicyclic) bond motifs is 3. The predicted octanol–water partition coefficient (Wildman–Crippen LogP) is 4.73. The van der Waals surface area contributed by atoms with Gasteiger partial charge in [0, 0.05) is 11.9 Å². The Labute approximate surface area is 145 Å². The Morgan fingerprint density at radius 2 is 1.84 bits per heavy atom. The first-order valence-corrected chi connectivity index (χ1v) is 8.23. The van der Waals surface area contributed by atoms with Crippen molar-refractivity contribution in [2.75, 3.05) is 5.32 Å². The molecule has 1 atom stereocenters. The molecule has 0 spiro atoms. The number of urea groups is 1. The molecular formula is C20H18FN3O. The summed E-state index contributed by atoms with van der Waals surface area (Å²) >= 11 is 0. The molecule has 0 radical (unpaired) electrons. The average molecular weight is 335 g/mol. The molecule has 0 bridgehead atoms. The molecule has 0 aliphatic carbocycles. The Hall–Kier alpha value is -3.08. The van der Waals surface area contributed by atoms with Crippen LogP contribution < -0.4 is 5.32 Å². The Kier molecular flexibility index (Phi) is 3.76. The molecule has 2 aromatic carbocycles. The Morgan fingerprint density at radius 1 is 1.08 bits per heavy atom. The molecule has 1 aromatic heterocycles. The number of rotatable bonds is 1. The highest BCUT2D eigenvalue weighted by Crippen LogP contribution is 2.32. The fourth-order valence-corrected chi connectivity index (χ4v) is 3.31. The third kappa shape index (κ3) is 2.67. The van der Waals surface area contributed by atoms with Gasteiger partial charge in [-0.25, -0.2) is 9.18 Å². The van der Waals surface area contributed by atoms with Gasteiger partial charge in [-0.15, -0.1) is 0 Å². The van der Waals surface area contributed by atoms with Crippen LogP contribution in [0.25, 0.3) is 5.69 Å². The second kappa shape index (κ2) is 6.09. The monoisotopic (exact) mass is 335 g/mol. The molecule has 1 unspecified atom stereocenters. The lowest BCUT2D eigenvalue weighted by Gasteiger charge is -2.27. The molecule has 0 saturated carbocycles. The molecule has 0 fully saturated rings.